The second-order valence-electron chi connectivity index (χ2n) is 6.80. The first-order valence-electron chi connectivity index (χ1n) is 9.62. The Bertz CT molecular complexity index is 827. The van der Waals surface area contributed by atoms with Gasteiger partial charge in [-0.05, 0) is 16.7 Å². The summed E-state index contributed by atoms with van der Waals surface area (Å²) in [6, 6.07) is 28.9. The summed E-state index contributed by atoms with van der Waals surface area (Å²) in [4.78, 5) is 13.0. The van der Waals surface area contributed by atoms with E-state index in [-0.39, 0.29) is 6.61 Å². The normalized spacial score (nSPS) is 11.2. The molecule has 0 saturated carbocycles. The summed E-state index contributed by atoms with van der Waals surface area (Å²) in [5.74, 6) is -0.546. The number of aliphatic hydroxyl groups excluding tert-OH is 1. The van der Waals surface area contributed by atoms with Gasteiger partial charge in [0.05, 0.1) is 6.61 Å². The number of carbonyl (C=O) groups is 1. The molecule has 0 atom stereocenters. The largest absolute Gasteiger partial charge is 0.458 e. The van der Waals surface area contributed by atoms with Crippen LogP contribution >= 0.6 is 0 Å². The number of ether oxygens (including phenoxy) is 1. The molecule has 0 radical (unpaired) electrons. The molecule has 0 aliphatic carbocycles. The van der Waals surface area contributed by atoms with Gasteiger partial charge in [-0.25, -0.2) is 4.79 Å². The van der Waals surface area contributed by atoms with E-state index in [1.165, 1.54) is 0 Å². The van der Waals surface area contributed by atoms with Crippen LogP contribution in [0, 0.1) is 0 Å². The third-order valence-electron chi connectivity index (χ3n) is 4.67. The fourth-order valence-corrected chi connectivity index (χ4v) is 2.93. The second kappa shape index (κ2) is 10.5. The molecule has 5 heteroatoms. The van der Waals surface area contributed by atoms with Crippen molar-refractivity contribution in [3.05, 3.63) is 108 Å². The molecule has 5 nitrogen and oxygen atoms in total. The molecule has 0 fully saturated rings. The van der Waals surface area contributed by atoms with Crippen molar-refractivity contribution in [1.29, 1.82) is 0 Å². The Morgan fingerprint density at radius 3 is 1.55 bits per heavy atom. The number of carbonyl (C=O) groups excluding carboxylic acids is 1. The Morgan fingerprint density at radius 1 is 0.724 bits per heavy atom. The van der Waals surface area contributed by atoms with E-state index in [1.54, 1.807) is 0 Å². The van der Waals surface area contributed by atoms with Crippen molar-refractivity contribution in [3.8, 4) is 0 Å². The molecule has 0 amide bonds. The Labute approximate surface area is 171 Å². The highest BCUT2D eigenvalue weighted by Crippen LogP contribution is 2.11. The van der Waals surface area contributed by atoms with Gasteiger partial charge in [0, 0.05) is 13.1 Å². The van der Waals surface area contributed by atoms with E-state index < -0.39 is 18.2 Å². The van der Waals surface area contributed by atoms with Crippen LogP contribution in [0.5, 0.6) is 0 Å². The quantitative estimate of drug-likeness (QED) is 0.367. The number of hydrogen-bond donors (Lipinski definition) is 3. The van der Waals surface area contributed by atoms with Crippen molar-refractivity contribution in [1.82, 2.24) is 10.6 Å². The molecule has 0 unspecified atom stereocenters. The van der Waals surface area contributed by atoms with Gasteiger partial charge in [-0.3, -0.25) is 10.6 Å². The summed E-state index contributed by atoms with van der Waals surface area (Å²) in [6.45, 7) is 0.509. The standard InChI is InChI=1S/C24H26N2O3/c27-19-24(25-16-20-10-4-1-5-11-20,26-17-21-12-6-2-7-13-21)23(28)29-18-22-14-8-3-9-15-22/h1-15,25-27H,16-19H2. The van der Waals surface area contributed by atoms with Crippen LogP contribution in [-0.2, 0) is 29.2 Å². The first kappa shape index (κ1) is 20.7. The number of esters is 1. The highest BCUT2D eigenvalue weighted by Gasteiger charge is 2.39. The lowest BCUT2D eigenvalue weighted by molar-refractivity contribution is -0.157. The SMILES string of the molecule is O=C(OCc1ccccc1)C(CO)(NCc1ccccc1)NCc1ccccc1. The third kappa shape index (κ3) is 5.99. The molecule has 3 aromatic rings. The van der Waals surface area contributed by atoms with Crippen LogP contribution in [0.4, 0.5) is 0 Å². The van der Waals surface area contributed by atoms with Gasteiger partial charge in [-0.2, -0.15) is 0 Å². The minimum Gasteiger partial charge on any atom is -0.458 e. The van der Waals surface area contributed by atoms with E-state index in [2.05, 4.69) is 10.6 Å². The van der Waals surface area contributed by atoms with Gasteiger partial charge >= 0.3 is 5.97 Å². The minimum absolute atomic E-state index is 0.140. The highest BCUT2D eigenvalue weighted by molar-refractivity contribution is 5.80. The van der Waals surface area contributed by atoms with Crippen molar-refractivity contribution < 1.29 is 14.6 Å². The molecule has 29 heavy (non-hydrogen) atoms. The maximum absolute atomic E-state index is 13.0. The summed E-state index contributed by atoms with van der Waals surface area (Å²) in [7, 11) is 0. The van der Waals surface area contributed by atoms with Gasteiger partial charge in [-0.15, -0.1) is 0 Å². The van der Waals surface area contributed by atoms with Gasteiger partial charge in [0.15, 0.2) is 5.66 Å². The van der Waals surface area contributed by atoms with Crippen molar-refractivity contribution in [2.75, 3.05) is 6.61 Å². The highest BCUT2D eigenvalue weighted by atomic mass is 16.5. The zero-order valence-electron chi connectivity index (χ0n) is 16.3. The fraction of sp³-hybridized carbons (Fsp3) is 0.208. The number of aliphatic hydroxyl groups is 1. The molecule has 0 spiro atoms. The molecular formula is C24H26N2O3. The van der Waals surface area contributed by atoms with Gasteiger partial charge in [0.1, 0.15) is 6.61 Å². The van der Waals surface area contributed by atoms with E-state index in [9.17, 15) is 9.90 Å². The molecule has 3 rings (SSSR count). The van der Waals surface area contributed by atoms with Gasteiger partial charge in [-0.1, -0.05) is 91.0 Å². The summed E-state index contributed by atoms with van der Waals surface area (Å²) in [6.07, 6.45) is 0. The molecule has 0 heterocycles. The molecular weight excluding hydrogens is 364 g/mol. The predicted octanol–water partition coefficient (Wildman–Crippen LogP) is 3.00. The monoisotopic (exact) mass is 390 g/mol. The van der Waals surface area contributed by atoms with Crippen molar-refractivity contribution in [2.45, 2.75) is 25.4 Å². The summed E-state index contributed by atoms with van der Waals surface area (Å²) < 4.78 is 5.54. The lowest BCUT2D eigenvalue weighted by Crippen LogP contribution is -2.65. The summed E-state index contributed by atoms with van der Waals surface area (Å²) in [5.41, 5.74) is 1.48. The first-order valence-corrected chi connectivity index (χ1v) is 9.62. The summed E-state index contributed by atoms with van der Waals surface area (Å²) in [5, 5.41) is 16.5. The number of rotatable bonds is 10. The Kier molecular flexibility index (Phi) is 7.53. The zero-order valence-corrected chi connectivity index (χ0v) is 16.3. The molecule has 3 N–H and O–H groups in total. The number of hydrogen-bond acceptors (Lipinski definition) is 5. The molecule has 0 aliphatic heterocycles. The third-order valence-corrected chi connectivity index (χ3v) is 4.67. The maximum Gasteiger partial charge on any atom is 0.344 e. The number of nitrogens with one attached hydrogen (secondary N) is 2. The Balaban J connectivity index is 1.73. The minimum atomic E-state index is -1.42. The van der Waals surface area contributed by atoms with Crippen LogP contribution in [-0.4, -0.2) is 23.3 Å². The molecule has 0 aliphatic rings. The van der Waals surface area contributed by atoms with Crippen LogP contribution in [0.2, 0.25) is 0 Å². The molecule has 0 bridgehead atoms. The average Bonchev–Trinajstić information content (AvgIpc) is 2.80. The van der Waals surface area contributed by atoms with Gasteiger partial charge in [0.25, 0.3) is 0 Å². The lowest BCUT2D eigenvalue weighted by Gasteiger charge is -2.32. The van der Waals surface area contributed by atoms with E-state index in [1.807, 2.05) is 91.0 Å². The van der Waals surface area contributed by atoms with E-state index in [0.717, 1.165) is 16.7 Å². The molecule has 0 saturated heterocycles. The summed E-state index contributed by atoms with van der Waals surface area (Å²) >= 11 is 0. The van der Waals surface area contributed by atoms with E-state index in [0.29, 0.717) is 13.1 Å². The Hall–Kier alpha value is -2.99. The maximum atomic E-state index is 13.0. The smallest absolute Gasteiger partial charge is 0.344 e. The first-order chi connectivity index (χ1) is 14.2. The van der Waals surface area contributed by atoms with Crippen LogP contribution in [0.3, 0.4) is 0 Å². The van der Waals surface area contributed by atoms with Crippen LogP contribution < -0.4 is 10.6 Å². The number of benzene rings is 3. The van der Waals surface area contributed by atoms with E-state index in [4.69, 9.17) is 4.74 Å². The van der Waals surface area contributed by atoms with Crippen LogP contribution in [0.25, 0.3) is 0 Å². The van der Waals surface area contributed by atoms with Gasteiger partial charge < -0.3 is 9.84 Å². The fourth-order valence-electron chi connectivity index (χ4n) is 2.93. The van der Waals surface area contributed by atoms with Crippen LogP contribution in [0.1, 0.15) is 16.7 Å². The Morgan fingerprint density at radius 2 is 1.14 bits per heavy atom. The van der Waals surface area contributed by atoms with Crippen molar-refractivity contribution in [3.63, 3.8) is 0 Å². The average molecular weight is 390 g/mol. The topological polar surface area (TPSA) is 70.6 Å². The second-order valence-corrected chi connectivity index (χ2v) is 6.80. The molecule has 0 aromatic heterocycles. The van der Waals surface area contributed by atoms with Gasteiger partial charge in [0.2, 0.25) is 0 Å². The predicted molar refractivity (Wildman–Crippen MR) is 113 cm³/mol. The lowest BCUT2D eigenvalue weighted by atomic mass is 10.1. The molecule has 150 valence electrons. The molecule has 3 aromatic carbocycles. The van der Waals surface area contributed by atoms with Crippen molar-refractivity contribution >= 4 is 5.97 Å². The zero-order chi connectivity index (χ0) is 20.4. The van der Waals surface area contributed by atoms with Crippen LogP contribution in [0.15, 0.2) is 91.0 Å². The van der Waals surface area contributed by atoms with Crippen molar-refractivity contribution in [2.24, 2.45) is 0 Å². The van der Waals surface area contributed by atoms with E-state index >= 15 is 0 Å².